The van der Waals surface area contributed by atoms with Crippen molar-refractivity contribution >= 4 is 33.7 Å². The number of rotatable bonds is 13. The highest BCUT2D eigenvalue weighted by Crippen LogP contribution is 2.33. The summed E-state index contributed by atoms with van der Waals surface area (Å²) in [6.45, 7) is 5.33. The molecule has 1 aliphatic rings. The summed E-state index contributed by atoms with van der Waals surface area (Å²) in [7, 11) is -2.04. The first kappa shape index (κ1) is 25.7. The van der Waals surface area contributed by atoms with E-state index < -0.39 is 10.0 Å². The number of fused-ring (bicyclic) bond motifs is 1. The van der Waals surface area contributed by atoms with Crippen LogP contribution in [0, 0.1) is 5.92 Å². The van der Waals surface area contributed by atoms with Crippen molar-refractivity contribution in [3.8, 4) is 5.75 Å². The number of methoxy groups -OCH3 is 1. The molecule has 0 aromatic heterocycles. The Kier molecular flexibility index (Phi) is 9.76. The molecule has 2 atom stereocenters. The molecule has 7 nitrogen and oxygen atoms in total. The van der Waals surface area contributed by atoms with E-state index in [0.717, 1.165) is 17.0 Å². The summed E-state index contributed by atoms with van der Waals surface area (Å²) in [4.78, 5) is 4.68. The number of ether oxygens (including phenoxy) is 3. The van der Waals surface area contributed by atoms with E-state index >= 15 is 0 Å². The third-order valence-electron chi connectivity index (χ3n) is 4.92. The van der Waals surface area contributed by atoms with Crippen molar-refractivity contribution in [3.05, 3.63) is 54.1 Å². The minimum atomic E-state index is -3.65. The van der Waals surface area contributed by atoms with Gasteiger partial charge in [0.15, 0.2) is 5.44 Å². The number of thioether (sulfide) groups is 1. The normalized spacial score (nSPS) is 16.4. The molecule has 2 aromatic carbocycles. The van der Waals surface area contributed by atoms with Gasteiger partial charge in [-0.3, -0.25) is 4.99 Å². The van der Waals surface area contributed by atoms with Gasteiger partial charge in [0.1, 0.15) is 11.4 Å². The van der Waals surface area contributed by atoms with Crippen LogP contribution < -0.4 is 9.46 Å². The maximum atomic E-state index is 12.9. The highest BCUT2D eigenvalue weighted by Gasteiger charge is 2.22. The SMILES string of the molecule is COCCOC[C@H](CC(C)C)NS(=O)(=O)c1ccc(CSC2C=Nc3ccccc3O2)cc1. The molecule has 1 heterocycles. The van der Waals surface area contributed by atoms with Crippen molar-refractivity contribution in [1.29, 1.82) is 0 Å². The number of para-hydroxylation sites is 2. The molecule has 2 aromatic rings. The molecular formula is C24H32N2O5S2. The number of nitrogens with zero attached hydrogens (tertiary/aromatic N) is 1. The fraction of sp³-hybridized carbons (Fsp3) is 0.458. The van der Waals surface area contributed by atoms with Crippen molar-refractivity contribution in [2.45, 2.75) is 42.4 Å². The minimum Gasteiger partial charge on any atom is -0.472 e. The van der Waals surface area contributed by atoms with Gasteiger partial charge in [0, 0.05) is 18.9 Å². The van der Waals surface area contributed by atoms with Gasteiger partial charge in [-0.2, -0.15) is 0 Å². The zero-order chi connectivity index (χ0) is 23.7. The second-order valence-electron chi connectivity index (χ2n) is 8.20. The van der Waals surface area contributed by atoms with E-state index in [-0.39, 0.29) is 16.4 Å². The number of benzene rings is 2. The minimum absolute atomic E-state index is 0.181. The zero-order valence-electron chi connectivity index (χ0n) is 19.3. The molecule has 1 unspecified atom stereocenters. The van der Waals surface area contributed by atoms with Gasteiger partial charge in [0.25, 0.3) is 0 Å². The second-order valence-corrected chi connectivity index (χ2v) is 11.0. The number of nitrogens with one attached hydrogen (secondary N) is 1. The van der Waals surface area contributed by atoms with E-state index in [2.05, 4.69) is 23.6 Å². The van der Waals surface area contributed by atoms with Gasteiger partial charge in [-0.05, 0) is 42.2 Å². The Hall–Kier alpha value is -1.91. The Morgan fingerprint density at radius 3 is 2.61 bits per heavy atom. The third-order valence-corrected chi connectivity index (χ3v) is 7.50. The Balaban J connectivity index is 1.55. The smallest absolute Gasteiger partial charge is 0.240 e. The number of hydrogen-bond acceptors (Lipinski definition) is 7. The van der Waals surface area contributed by atoms with E-state index in [1.807, 2.05) is 36.4 Å². The lowest BCUT2D eigenvalue weighted by Gasteiger charge is -2.21. The first-order valence-corrected chi connectivity index (χ1v) is 13.5. The van der Waals surface area contributed by atoms with Crippen molar-refractivity contribution in [2.75, 3.05) is 26.9 Å². The van der Waals surface area contributed by atoms with Crippen LogP contribution >= 0.6 is 11.8 Å². The standard InChI is InChI=1S/C24H32N2O5S2/c1-18(2)14-20(16-30-13-12-29-3)26-33(27,28)21-10-8-19(9-11-21)17-32-24-15-25-22-6-4-5-7-23(22)31-24/h4-11,15,18,20,24,26H,12-14,16-17H2,1-3H3/t20-,24?/m0/s1. The van der Waals surface area contributed by atoms with Crippen molar-refractivity contribution in [1.82, 2.24) is 4.72 Å². The average molecular weight is 493 g/mol. The van der Waals surface area contributed by atoms with Gasteiger partial charge in [0.05, 0.1) is 30.9 Å². The zero-order valence-corrected chi connectivity index (χ0v) is 20.9. The highest BCUT2D eigenvalue weighted by molar-refractivity contribution is 7.99. The maximum Gasteiger partial charge on any atom is 0.240 e. The Morgan fingerprint density at radius 1 is 1.12 bits per heavy atom. The van der Waals surface area contributed by atoms with Crippen LogP contribution in [0.15, 0.2) is 58.4 Å². The molecule has 180 valence electrons. The molecule has 0 bridgehead atoms. The second kappa shape index (κ2) is 12.5. The van der Waals surface area contributed by atoms with Gasteiger partial charge in [-0.15, -0.1) is 11.8 Å². The topological polar surface area (TPSA) is 86.2 Å². The molecule has 0 fully saturated rings. The van der Waals surface area contributed by atoms with E-state index in [9.17, 15) is 8.42 Å². The van der Waals surface area contributed by atoms with E-state index in [1.54, 1.807) is 37.2 Å². The molecule has 3 rings (SSSR count). The van der Waals surface area contributed by atoms with Crippen LogP contribution in [-0.4, -0.2) is 53.0 Å². The van der Waals surface area contributed by atoms with Crippen LogP contribution in [0.2, 0.25) is 0 Å². The molecule has 0 radical (unpaired) electrons. The van der Waals surface area contributed by atoms with Gasteiger partial charge in [-0.25, -0.2) is 13.1 Å². The molecule has 0 aliphatic carbocycles. The highest BCUT2D eigenvalue weighted by atomic mass is 32.2. The summed E-state index contributed by atoms with van der Waals surface area (Å²) in [6.07, 6.45) is 2.48. The van der Waals surface area contributed by atoms with Crippen molar-refractivity contribution in [3.63, 3.8) is 0 Å². The molecule has 0 amide bonds. The van der Waals surface area contributed by atoms with Crippen LogP contribution in [0.1, 0.15) is 25.8 Å². The average Bonchev–Trinajstić information content (AvgIpc) is 2.80. The number of hydrogen-bond donors (Lipinski definition) is 1. The summed E-state index contributed by atoms with van der Waals surface area (Å²) >= 11 is 1.59. The monoisotopic (exact) mass is 492 g/mol. The molecule has 0 spiro atoms. The Labute approximate surface area is 201 Å². The molecule has 9 heteroatoms. The fourth-order valence-corrected chi connectivity index (χ4v) is 5.46. The summed E-state index contributed by atoms with van der Waals surface area (Å²) < 4.78 is 45.1. The molecule has 33 heavy (non-hydrogen) atoms. The molecule has 1 N–H and O–H groups in total. The number of aliphatic imine (C=N–C) groups is 1. The first-order valence-electron chi connectivity index (χ1n) is 11.0. The van der Waals surface area contributed by atoms with Crippen LogP contribution in [-0.2, 0) is 25.2 Å². The van der Waals surface area contributed by atoms with Crippen LogP contribution in [0.4, 0.5) is 5.69 Å². The fourth-order valence-electron chi connectivity index (χ4n) is 3.35. The van der Waals surface area contributed by atoms with Crippen molar-refractivity contribution < 1.29 is 22.6 Å². The lowest BCUT2D eigenvalue weighted by Crippen LogP contribution is -2.39. The third kappa shape index (κ3) is 8.12. The summed E-state index contributed by atoms with van der Waals surface area (Å²) in [5.74, 6) is 1.78. The maximum absolute atomic E-state index is 12.9. The predicted octanol–water partition coefficient (Wildman–Crippen LogP) is 4.40. The molecular weight excluding hydrogens is 460 g/mol. The summed E-state index contributed by atoms with van der Waals surface area (Å²) in [5.41, 5.74) is 1.66. The summed E-state index contributed by atoms with van der Waals surface area (Å²) in [6, 6.07) is 14.3. The predicted molar refractivity (Wildman–Crippen MR) is 133 cm³/mol. The summed E-state index contributed by atoms with van der Waals surface area (Å²) in [5, 5.41) is 0. The van der Waals surface area contributed by atoms with Gasteiger partial charge >= 0.3 is 0 Å². The van der Waals surface area contributed by atoms with E-state index in [4.69, 9.17) is 14.2 Å². The van der Waals surface area contributed by atoms with Crippen LogP contribution in [0.5, 0.6) is 5.75 Å². The lowest BCUT2D eigenvalue weighted by atomic mass is 10.1. The Morgan fingerprint density at radius 2 is 1.88 bits per heavy atom. The number of sulfonamides is 1. The van der Waals surface area contributed by atoms with Crippen LogP contribution in [0.25, 0.3) is 0 Å². The molecule has 0 saturated carbocycles. The van der Waals surface area contributed by atoms with E-state index in [1.165, 1.54) is 0 Å². The van der Waals surface area contributed by atoms with Crippen molar-refractivity contribution in [2.24, 2.45) is 10.9 Å². The van der Waals surface area contributed by atoms with Gasteiger partial charge in [-0.1, -0.05) is 38.1 Å². The quantitative estimate of drug-likeness (QED) is 0.417. The van der Waals surface area contributed by atoms with Crippen LogP contribution in [0.3, 0.4) is 0 Å². The largest absolute Gasteiger partial charge is 0.472 e. The van der Waals surface area contributed by atoms with Gasteiger partial charge in [0.2, 0.25) is 10.0 Å². The van der Waals surface area contributed by atoms with Gasteiger partial charge < -0.3 is 14.2 Å². The first-order chi connectivity index (χ1) is 15.9. The molecule has 0 saturated heterocycles. The lowest BCUT2D eigenvalue weighted by molar-refractivity contribution is 0.0589. The molecule has 1 aliphatic heterocycles. The van der Waals surface area contributed by atoms with E-state index in [0.29, 0.717) is 37.9 Å². The Bertz CT molecular complexity index is 1010.